The molecule has 2 nitrogen and oxygen atoms in total. The fourth-order valence-corrected chi connectivity index (χ4v) is 14.5. The van der Waals surface area contributed by atoms with Crippen LogP contribution in [0.25, 0.3) is 0 Å². The fraction of sp³-hybridized carbons (Fsp3) is 0.311. The van der Waals surface area contributed by atoms with Crippen LogP contribution in [-0.2, 0) is 5.75 Å². The Labute approximate surface area is 352 Å². The molecule has 0 atom stereocenters. The van der Waals surface area contributed by atoms with Crippen molar-refractivity contribution in [2.45, 2.75) is 54.4 Å². The minimum absolute atomic E-state index is 0.0809. The Bertz CT molecular complexity index is 2210. The van der Waals surface area contributed by atoms with Crippen LogP contribution in [0.15, 0.2) is 140 Å². The van der Waals surface area contributed by atoms with Gasteiger partial charge >= 0.3 is 334 Å². The average molecular weight is 925 g/mol. The molecule has 0 radical (unpaired) electrons. The number of hydrogen-bond acceptors (Lipinski definition) is 2. The van der Waals surface area contributed by atoms with Crippen LogP contribution < -0.4 is 20.7 Å². The molecule has 0 aliphatic carbocycles. The summed E-state index contributed by atoms with van der Waals surface area (Å²) >= 11 is 0. The number of benzene rings is 5. The number of halogens is 13. The summed E-state index contributed by atoms with van der Waals surface area (Å²) < 4.78 is 187. The van der Waals surface area contributed by atoms with Crippen molar-refractivity contribution in [3.8, 4) is 5.75 Å². The van der Waals surface area contributed by atoms with E-state index in [0.717, 1.165) is 15.9 Å². The molecule has 5 aromatic carbocycles. The van der Waals surface area contributed by atoms with Crippen LogP contribution in [0.4, 0.5) is 57.1 Å². The van der Waals surface area contributed by atoms with Gasteiger partial charge in [-0.05, 0) is 0 Å². The van der Waals surface area contributed by atoms with Crippen molar-refractivity contribution in [2.75, 3.05) is 31.0 Å². The molecule has 0 bridgehead atoms. The van der Waals surface area contributed by atoms with Gasteiger partial charge in [-0.2, -0.15) is 13.2 Å². The van der Waals surface area contributed by atoms with Gasteiger partial charge in [0, 0.05) is 0 Å². The Hall–Kier alpha value is -4.56. The molecule has 0 fully saturated rings. The van der Waals surface area contributed by atoms with Crippen molar-refractivity contribution in [3.05, 3.63) is 156 Å². The molecule has 5 aromatic rings. The molecule has 336 valence electrons. The quantitative estimate of drug-likeness (QED) is 0.0357. The third kappa shape index (κ3) is 9.51. The maximum atomic E-state index is 15.0. The number of alkyl halides is 13. The zero-order chi connectivity index (χ0) is 45.8. The monoisotopic (exact) mass is 924 g/mol. The SMILES string of the molecule is CS(C)(CCC(F)(F)C(F)(F)C(F)(F)C(F)(F)C(F)(F)C(F)(F)F)Cc1ccccc1[PH](CCCOc1ccc(C(=O)c2ccccc2)cc1)(c1ccccc1)c1ccccc1. The van der Waals surface area contributed by atoms with Gasteiger partial charge in [-0.1, -0.05) is 6.07 Å². The Morgan fingerprint density at radius 1 is 0.548 bits per heavy atom. The zero-order valence-electron chi connectivity index (χ0n) is 33.2. The standard InChI is InChI=1S/C45H42F13O2PS/c1-62(2,30-27-40(46,47)41(48,49)42(50,51)43(52,53)44(54,55)45(56,57)58)31-34-17-12-13-22-38(34)61(36-18-8-4-9-19-36,37-20-10-5-11-21-37)29-14-28-60-35-25-23-33(24-26-35)39(59)32-15-6-3-7-16-32/h3-13,15-26,61H,14,27-31H2,1-2H3. The van der Waals surface area contributed by atoms with Gasteiger partial charge < -0.3 is 0 Å². The molecule has 0 aliphatic rings. The molecule has 0 saturated heterocycles. The van der Waals surface area contributed by atoms with Crippen molar-refractivity contribution in [3.63, 3.8) is 0 Å². The van der Waals surface area contributed by atoms with Crippen LogP contribution in [-0.4, -0.2) is 72.6 Å². The van der Waals surface area contributed by atoms with E-state index in [9.17, 15) is 53.1 Å². The first-order valence-corrected chi connectivity index (χ1v) is 24.0. The first-order valence-electron chi connectivity index (χ1n) is 19.0. The number of carbonyl (C=O) groups excluding carboxylic acids is 1. The minimum atomic E-state index is -7.94. The second-order valence-electron chi connectivity index (χ2n) is 15.3. The van der Waals surface area contributed by atoms with Crippen molar-refractivity contribution in [1.29, 1.82) is 0 Å². The molecule has 0 heterocycles. The van der Waals surface area contributed by atoms with Crippen molar-refractivity contribution in [2.24, 2.45) is 0 Å². The van der Waals surface area contributed by atoms with Gasteiger partial charge in [0.1, 0.15) is 0 Å². The molecule has 17 heteroatoms. The molecular weight excluding hydrogens is 883 g/mol. The number of ketones is 1. The van der Waals surface area contributed by atoms with E-state index in [4.69, 9.17) is 4.74 Å². The molecule has 0 N–H and O–H groups in total. The zero-order valence-corrected chi connectivity index (χ0v) is 35.0. The van der Waals surface area contributed by atoms with E-state index >= 15 is 8.78 Å². The third-order valence-electron chi connectivity index (χ3n) is 10.6. The Morgan fingerprint density at radius 3 is 1.52 bits per heavy atom. The van der Waals surface area contributed by atoms with Gasteiger partial charge in [-0.15, -0.1) is 0 Å². The topological polar surface area (TPSA) is 26.3 Å². The Balaban J connectivity index is 1.42. The molecule has 62 heavy (non-hydrogen) atoms. The molecule has 0 spiro atoms. The van der Waals surface area contributed by atoms with Crippen LogP contribution in [0.2, 0.25) is 0 Å². The summed E-state index contributed by atoms with van der Waals surface area (Å²) in [7, 11) is -5.76. The van der Waals surface area contributed by atoms with E-state index in [2.05, 4.69) is 0 Å². The predicted molar refractivity (Wildman–Crippen MR) is 221 cm³/mol. The predicted octanol–water partition coefficient (Wildman–Crippen LogP) is 12.1. The summed E-state index contributed by atoms with van der Waals surface area (Å²) in [6, 6.07) is 41.2. The molecule has 0 saturated carbocycles. The second-order valence-corrected chi connectivity index (χ2v) is 23.6. The summed E-state index contributed by atoms with van der Waals surface area (Å²) in [6.07, 6.45) is -5.90. The average Bonchev–Trinajstić information content (AvgIpc) is 3.23. The molecular formula is C45H42F13O2PS. The fourth-order valence-electron chi connectivity index (χ4n) is 7.25. The van der Waals surface area contributed by atoms with E-state index in [1.807, 2.05) is 66.7 Å². The van der Waals surface area contributed by atoms with Crippen LogP contribution in [0.1, 0.15) is 34.3 Å². The maximum absolute atomic E-state index is 15.0. The van der Waals surface area contributed by atoms with Crippen molar-refractivity contribution >= 4 is 39.0 Å². The van der Waals surface area contributed by atoms with Gasteiger partial charge in [-0.25, -0.2) is 0 Å². The number of ether oxygens (including phenoxy) is 1. The normalized spacial score (nSPS) is 14.0. The molecule has 0 aliphatic heterocycles. The molecule has 0 amide bonds. The molecule has 0 aromatic heterocycles. The van der Waals surface area contributed by atoms with Gasteiger partial charge in [0.25, 0.3) is 0 Å². The summed E-state index contributed by atoms with van der Waals surface area (Å²) in [5.41, 5.74) is 1.58. The summed E-state index contributed by atoms with van der Waals surface area (Å²) in [6.45, 7) is 0.223. The van der Waals surface area contributed by atoms with Gasteiger partial charge in [0.2, 0.25) is 0 Å². The van der Waals surface area contributed by atoms with E-state index < -0.39 is 65.3 Å². The van der Waals surface area contributed by atoms with Crippen LogP contribution in [0.3, 0.4) is 0 Å². The van der Waals surface area contributed by atoms with Gasteiger partial charge in [0.15, 0.2) is 0 Å². The van der Waals surface area contributed by atoms with E-state index in [-0.39, 0.29) is 18.1 Å². The van der Waals surface area contributed by atoms with Crippen molar-refractivity contribution in [1.82, 2.24) is 0 Å². The number of rotatable bonds is 19. The van der Waals surface area contributed by atoms with Gasteiger partial charge in [0.05, 0.1) is 0 Å². The summed E-state index contributed by atoms with van der Waals surface area (Å²) in [4.78, 5) is 12.9. The molecule has 0 unspecified atom stereocenters. The van der Waals surface area contributed by atoms with E-state index in [0.29, 0.717) is 35.0 Å². The van der Waals surface area contributed by atoms with E-state index in [1.54, 1.807) is 72.8 Å². The summed E-state index contributed by atoms with van der Waals surface area (Å²) in [5.74, 6) is -37.7. The van der Waals surface area contributed by atoms with Crippen LogP contribution in [0, 0.1) is 0 Å². The number of carbonyl (C=O) groups is 1. The first kappa shape index (κ1) is 48.5. The first-order chi connectivity index (χ1) is 28.8. The van der Waals surface area contributed by atoms with E-state index in [1.165, 1.54) is 12.5 Å². The Kier molecular flexibility index (Phi) is 14.3. The van der Waals surface area contributed by atoms with Crippen LogP contribution >= 0.6 is 17.3 Å². The van der Waals surface area contributed by atoms with Gasteiger partial charge in [-0.3, -0.25) is 0 Å². The second kappa shape index (κ2) is 18.3. The Morgan fingerprint density at radius 2 is 1.00 bits per heavy atom. The summed E-state index contributed by atoms with van der Waals surface area (Å²) in [5, 5.41) is 2.65. The molecule has 5 rings (SSSR count). The van der Waals surface area contributed by atoms with Crippen LogP contribution in [0.5, 0.6) is 5.75 Å². The van der Waals surface area contributed by atoms with Crippen molar-refractivity contribution < 1.29 is 66.6 Å². The third-order valence-corrected chi connectivity index (χ3v) is 18.2. The number of hydrogen-bond donors (Lipinski definition) is 0.